The van der Waals surface area contributed by atoms with Crippen LogP contribution in [-0.4, -0.2) is 29.1 Å². The molecule has 1 fully saturated rings. The van der Waals surface area contributed by atoms with Gasteiger partial charge in [-0.25, -0.2) is 9.97 Å². The fourth-order valence-corrected chi connectivity index (χ4v) is 2.25. The van der Waals surface area contributed by atoms with E-state index in [-0.39, 0.29) is 5.41 Å². The van der Waals surface area contributed by atoms with Crippen LogP contribution in [0.2, 0.25) is 0 Å². The Hall–Kier alpha value is -1.16. The van der Waals surface area contributed by atoms with Gasteiger partial charge < -0.3 is 10.6 Å². The zero-order valence-electron chi connectivity index (χ0n) is 11.0. The Balaban J connectivity index is 2.27. The molecule has 4 nitrogen and oxygen atoms in total. The topological polar surface area (TPSA) is 55.0 Å². The predicted molar refractivity (Wildman–Crippen MR) is 70.2 cm³/mol. The number of aromatic nitrogens is 2. The Labute approximate surface area is 103 Å². The minimum Gasteiger partial charge on any atom is -0.337 e. The molecular weight excluding hydrogens is 212 g/mol. The fourth-order valence-electron chi connectivity index (χ4n) is 2.25. The number of rotatable bonds is 2. The lowest BCUT2D eigenvalue weighted by Crippen LogP contribution is -2.36. The second-order valence-electron chi connectivity index (χ2n) is 5.72. The third-order valence-corrected chi connectivity index (χ3v) is 3.32. The zero-order valence-corrected chi connectivity index (χ0v) is 11.0. The molecule has 0 bridgehead atoms. The molecule has 0 aromatic carbocycles. The summed E-state index contributed by atoms with van der Waals surface area (Å²) in [5.74, 6) is 0.838. The predicted octanol–water partition coefficient (Wildman–Crippen LogP) is 1.70. The molecule has 4 heteroatoms. The summed E-state index contributed by atoms with van der Waals surface area (Å²) in [6.45, 7) is 8.22. The van der Waals surface area contributed by atoms with Crippen LogP contribution in [0, 0.1) is 0 Å². The smallest absolute Gasteiger partial charge is 0.225 e. The zero-order chi connectivity index (χ0) is 12.5. The van der Waals surface area contributed by atoms with Gasteiger partial charge >= 0.3 is 0 Å². The van der Waals surface area contributed by atoms with Crippen molar-refractivity contribution in [3.8, 4) is 0 Å². The van der Waals surface area contributed by atoms with Crippen molar-refractivity contribution < 1.29 is 0 Å². The molecule has 17 heavy (non-hydrogen) atoms. The summed E-state index contributed by atoms with van der Waals surface area (Å²) in [5.41, 5.74) is 6.94. The highest BCUT2D eigenvalue weighted by molar-refractivity contribution is 5.35. The Morgan fingerprint density at radius 3 is 2.88 bits per heavy atom. The number of hydrogen-bond acceptors (Lipinski definition) is 4. The van der Waals surface area contributed by atoms with Crippen LogP contribution in [0.25, 0.3) is 0 Å². The average Bonchev–Trinajstić information content (AvgIpc) is 2.76. The van der Waals surface area contributed by atoms with Crippen LogP contribution >= 0.6 is 0 Å². The van der Waals surface area contributed by atoms with Crippen LogP contribution in [0.4, 0.5) is 5.95 Å². The quantitative estimate of drug-likeness (QED) is 0.846. The molecule has 1 aromatic heterocycles. The van der Waals surface area contributed by atoms with E-state index in [0.29, 0.717) is 12.6 Å². The molecule has 1 atom stereocenters. The van der Waals surface area contributed by atoms with Crippen molar-refractivity contribution in [2.24, 2.45) is 5.73 Å². The summed E-state index contributed by atoms with van der Waals surface area (Å²) in [4.78, 5) is 11.3. The highest BCUT2D eigenvalue weighted by Gasteiger charge is 2.26. The minimum absolute atomic E-state index is 0.0651. The molecule has 2 heterocycles. The number of anilines is 1. The molecule has 2 N–H and O–H groups in total. The molecule has 1 aliphatic heterocycles. The van der Waals surface area contributed by atoms with E-state index in [9.17, 15) is 0 Å². The second kappa shape index (κ2) is 4.61. The van der Waals surface area contributed by atoms with Crippen molar-refractivity contribution in [2.75, 3.05) is 18.0 Å². The molecule has 0 amide bonds. The van der Waals surface area contributed by atoms with Gasteiger partial charge in [-0.2, -0.15) is 0 Å². The van der Waals surface area contributed by atoms with E-state index in [4.69, 9.17) is 5.73 Å². The van der Waals surface area contributed by atoms with Crippen LogP contribution in [0.3, 0.4) is 0 Å². The first-order valence-electron chi connectivity index (χ1n) is 6.32. The van der Waals surface area contributed by atoms with Crippen molar-refractivity contribution in [1.82, 2.24) is 9.97 Å². The normalized spacial score (nSPS) is 20.9. The lowest BCUT2D eigenvalue weighted by molar-refractivity contribution is 0.563. The van der Waals surface area contributed by atoms with Crippen molar-refractivity contribution in [1.29, 1.82) is 0 Å². The maximum atomic E-state index is 5.79. The summed E-state index contributed by atoms with van der Waals surface area (Å²) in [6.07, 6.45) is 4.19. The fraction of sp³-hybridized carbons (Fsp3) is 0.692. The summed E-state index contributed by atoms with van der Waals surface area (Å²) in [7, 11) is 0. The third-order valence-electron chi connectivity index (χ3n) is 3.32. The van der Waals surface area contributed by atoms with Crippen LogP contribution in [0.5, 0.6) is 0 Å². The highest BCUT2D eigenvalue weighted by Crippen LogP contribution is 2.25. The van der Waals surface area contributed by atoms with Crippen molar-refractivity contribution in [2.45, 2.75) is 45.1 Å². The molecule has 2 rings (SSSR count). The monoisotopic (exact) mass is 234 g/mol. The SMILES string of the molecule is CC(C)(C)c1ccnc(N2CCCC2CN)n1. The van der Waals surface area contributed by atoms with Gasteiger partial charge in [0.05, 0.1) is 5.69 Å². The molecule has 0 saturated carbocycles. The third kappa shape index (κ3) is 2.57. The molecular formula is C13H22N4. The Morgan fingerprint density at radius 1 is 1.47 bits per heavy atom. The highest BCUT2D eigenvalue weighted by atomic mass is 15.3. The average molecular weight is 234 g/mol. The molecule has 1 saturated heterocycles. The molecule has 0 aliphatic carbocycles. The lowest BCUT2D eigenvalue weighted by atomic mass is 9.92. The van der Waals surface area contributed by atoms with Crippen LogP contribution in [0.15, 0.2) is 12.3 Å². The number of hydrogen-bond donors (Lipinski definition) is 1. The van der Waals surface area contributed by atoms with E-state index in [0.717, 1.165) is 24.6 Å². The van der Waals surface area contributed by atoms with Crippen molar-refractivity contribution in [3.05, 3.63) is 18.0 Å². The maximum Gasteiger partial charge on any atom is 0.225 e. The van der Waals surface area contributed by atoms with Crippen LogP contribution in [-0.2, 0) is 5.41 Å². The number of nitrogens with two attached hydrogens (primary N) is 1. The lowest BCUT2D eigenvalue weighted by Gasteiger charge is -2.25. The second-order valence-corrected chi connectivity index (χ2v) is 5.72. The molecule has 1 aliphatic rings. The van der Waals surface area contributed by atoms with Gasteiger partial charge in [-0.15, -0.1) is 0 Å². The Morgan fingerprint density at radius 2 is 2.24 bits per heavy atom. The maximum absolute atomic E-state index is 5.79. The summed E-state index contributed by atoms with van der Waals surface area (Å²) < 4.78 is 0. The minimum atomic E-state index is 0.0651. The van der Waals surface area contributed by atoms with E-state index < -0.39 is 0 Å². The van der Waals surface area contributed by atoms with Gasteiger partial charge in [-0.1, -0.05) is 20.8 Å². The number of nitrogens with zero attached hydrogens (tertiary/aromatic N) is 3. The Bertz CT molecular complexity index is 383. The van der Waals surface area contributed by atoms with E-state index in [1.54, 1.807) is 0 Å². The molecule has 0 radical (unpaired) electrons. The molecule has 0 spiro atoms. The summed E-state index contributed by atoms with van der Waals surface area (Å²) >= 11 is 0. The van der Waals surface area contributed by atoms with E-state index in [2.05, 4.69) is 35.6 Å². The van der Waals surface area contributed by atoms with E-state index in [1.807, 2.05) is 12.3 Å². The van der Waals surface area contributed by atoms with Gasteiger partial charge in [-0.05, 0) is 18.9 Å². The Kier molecular flexibility index (Phi) is 3.33. The first-order valence-corrected chi connectivity index (χ1v) is 6.32. The van der Waals surface area contributed by atoms with Crippen molar-refractivity contribution in [3.63, 3.8) is 0 Å². The van der Waals surface area contributed by atoms with Gasteiger partial charge in [0.1, 0.15) is 0 Å². The molecule has 94 valence electrons. The van der Waals surface area contributed by atoms with E-state index in [1.165, 1.54) is 6.42 Å². The van der Waals surface area contributed by atoms with Crippen molar-refractivity contribution >= 4 is 5.95 Å². The standard InChI is InChI=1S/C13H22N4/c1-13(2,3)11-6-7-15-12(16-11)17-8-4-5-10(17)9-14/h6-7,10H,4-5,8-9,14H2,1-3H3. The largest absolute Gasteiger partial charge is 0.337 e. The summed E-state index contributed by atoms with van der Waals surface area (Å²) in [6, 6.07) is 2.40. The van der Waals surface area contributed by atoms with E-state index >= 15 is 0 Å². The summed E-state index contributed by atoms with van der Waals surface area (Å²) in [5, 5.41) is 0. The van der Waals surface area contributed by atoms with Crippen LogP contribution < -0.4 is 10.6 Å². The van der Waals surface area contributed by atoms with Gasteiger partial charge in [-0.3, -0.25) is 0 Å². The first kappa shape index (κ1) is 12.3. The van der Waals surface area contributed by atoms with Crippen LogP contribution in [0.1, 0.15) is 39.3 Å². The van der Waals surface area contributed by atoms with Gasteiger partial charge in [0.15, 0.2) is 0 Å². The van der Waals surface area contributed by atoms with Gasteiger partial charge in [0.2, 0.25) is 5.95 Å². The van der Waals surface area contributed by atoms with Gasteiger partial charge in [0, 0.05) is 30.7 Å². The first-order chi connectivity index (χ1) is 8.02. The molecule has 1 unspecified atom stereocenters. The van der Waals surface area contributed by atoms with Gasteiger partial charge in [0.25, 0.3) is 0 Å². The molecule has 1 aromatic rings.